The molecule has 0 aliphatic rings. The highest BCUT2D eigenvalue weighted by Crippen LogP contribution is 2.14. The molecule has 2 N–H and O–H groups in total. The topological polar surface area (TPSA) is 62.5 Å². The van der Waals surface area contributed by atoms with Crippen LogP contribution in [-0.4, -0.2) is 20.7 Å². The Morgan fingerprint density at radius 2 is 2.25 bits per heavy atom. The maximum atomic E-state index is 10.6. The first-order chi connectivity index (χ1) is 5.52. The van der Waals surface area contributed by atoms with E-state index in [-0.39, 0.29) is 5.69 Å². The Hall–Kier alpha value is -1.29. The lowest BCUT2D eigenvalue weighted by atomic mass is 10.2. The largest absolute Gasteiger partial charge is 0.477 e. The fourth-order valence-electron chi connectivity index (χ4n) is 1.03. The van der Waals surface area contributed by atoms with Gasteiger partial charge in [0.2, 0.25) is 0 Å². The third-order valence-corrected chi connectivity index (χ3v) is 1.73. The second-order valence-corrected chi connectivity index (χ2v) is 2.75. The van der Waals surface area contributed by atoms with Crippen molar-refractivity contribution in [2.45, 2.75) is 13.0 Å². The van der Waals surface area contributed by atoms with Gasteiger partial charge in [0.15, 0.2) is 0 Å². The fraction of sp³-hybridized carbons (Fsp3) is 0.375. The van der Waals surface area contributed by atoms with Gasteiger partial charge in [-0.05, 0) is 18.6 Å². The van der Waals surface area contributed by atoms with Crippen molar-refractivity contribution in [3.8, 4) is 0 Å². The number of hydrogen-bond donors (Lipinski definition) is 2. The van der Waals surface area contributed by atoms with Crippen LogP contribution in [0.5, 0.6) is 0 Å². The lowest BCUT2D eigenvalue weighted by molar-refractivity contribution is 0.0686. The maximum Gasteiger partial charge on any atom is 0.352 e. The number of aliphatic hydroxyl groups excluding tert-OH is 1. The Kier molecular flexibility index (Phi) is 2.19. The highest BCUT2D eigenvalue weighted by Gasteiger charge is 2.11. The number of hydrogen-bond acceptors (Lipinski definition) is 2. The fourth-order valence-corrected chi connectivity index (χ4v) is 1.03. The third kappa shape index (κ3) is 1.48. The Morgan fingerprint density at radius 1 is 1.67 bits per heavy atom. The van der Waals surface area contributed by atoms with Crippen LogP contribution < -0.4 is 0 Å². The van der Waals surface area contributed by atoms with Gasteiger partial charge in [0.1, 0.15) is 5.69 Å². The van der Waals surface area contributed by atoms with E-state index < -0.39 is 12.1 Å². The van der Waals surface area contributed by atoms with Gasteiger partial charge in [0.25, 0.3) is 0 Å². The third-order valence-electron chi connectivity index (χ3n) is 1.73. The van der Waals surface area contributed by atoms with Gasteiger partial charge in [0.05, 0.1) is 6.10 Å². The van der Waals surface area contributed by atoms with Crippen molar-refractivity contribution in [1.82, 2.24) is 4.57 Å². The van der Waals surface area contributed by atoms with Gasteiger partial charge in [-0.15, -0.1) is 0 Å². The smallest absolute Gasteiger partial charge is 0.352 e. The highest BCUT2D eigenvalue weighted by molar-refractivity contribution is 5.86. The summed E-state index contributed by atoms with van der Waals surface area (Å²) in [5.74, 6) is -0.982. The SMILES string of the molecule is C[C@H](O)c1cc(C(=O)O)n(C)c1. The predicted molar refractivity (Wildman–Crippen MR) is 43.0 cm³/mol. The lowest BCUT2D eigenvalue weighted by Crippen LogP contribution is -2.02. The summed E-state index contributed by atoms with van der Waals surface area (Å²) in [6.07, 6.45) is 0.984. The van der Waals surface area contributed by atoms with Crippen LogP contribution in [0.2, 0.25) is 0 Å². The van der Waals surface area contributed by atoms with Gasteiger partial charge in [-0.25, -0.2) is 4.79 Å². The van der Waals surface area contributed by atoms with Gasteiger partial charge in [-0.2, -0.15) is 0 Å². The van der Waals surface area contributed by atoms with Crippen molar-refractivity contribution in [3.05, 3.63) is 23.5 Å². The summed E-state index contributed by atoms with van der Waals surface area (Å²) in [5, 5.41) is 17.8. The molecule has 0 saturated carbocycles. The van der Waals surface area contributed by atoms with E-state index in [0.717, 1.165) is 0 Å². The van der Waals surface area contributed by atoms with E-state index in [4.69, 9.17) is 10.2 Å². The van der Waals surface area contributed by atoms with E-state index in [1.165, 1.54) is 10.6 Å². The van der Waals surface area contributed by atoms with Crippen molar-refractivity contribution in [1.29, 1.82) is 0 Å². The van der Waals surface area contributed by atoms with Crippen molar-refractivity contribution in [2.75, 3.05) is 0 Å². The van der Waals surface area contributed by atoms with Gasteiger partial charge >= 0.3 is 5.97 Å². The predicted octanol–water partition coefficient (Wildman–Crippen LogP) is 0.777. The quantitative estimate of drug-likeness (QED) is 0.687. The normalized spacial score (nSPS) is 12.9. The standard InChI is InChI=1S/C8H11NO3/c1-5(10)6-3-7(8(11)12)9(2)4-6/h3-5,10H,1-2H3,(H,11,12)/t5-/m0/s1. The van der Waals surface area contributed by atoms with Gasteiger partial charge in [-0.3, -0.25) is 0 Å². The summed E-state index contributed by atoms with van der Waals surface area (Å²) in [5.41, 5.74) is 0.806. The van der Waals surface area contributed by atoms with Crippen molar-refractivity contribution in [2.24, 2.45) is 7.05 Å². The van der Waals surface area contributed by atoms with Crippen LogP contribution in [0.25, 0.3) is 0 Å². The summed E-state index contributed by atoms with van der Waals surface area (Å²) < 4.78 is 1.48. The zero-order valence-electron chi connectivity index (χ0n) is 6.98. The molecule has 4 heteroatoms. The average Bonchev–Trinajstić information content (AvgIpc) is 2.30. The van der Waals surface area contributed by atoms with Gasteiger partial charge in [0, 0.05) is 13.2 Å². The molecule has 1 rings (SSSR count). The second kappa shape index (κ2) is 2.98. The van der Waals surface area contributed by atoms with Crippen molar-refractivity contribution in [3.63, 3.8) is 0 Å². The van der Waals surface area contributed by atoms with Crippen LogP contribution in [0.1, 0.15) is 29.1 Å². The summed E-state index contributed by atoms with van der Waals surface area (Å²) in [6.45, 7) is 1.60. The first kappa shape index (κ1) is 8.80. The molecule has 0 spiro atoms. The van der Waals surface area contributed by atoms with Crippen LogP contribution >= 0.6 is 0 Å². The Labute approximate surface area is 70.1 Å². The number of carboxylic acids is 1. The van der Waals surface area contributed by atoms with E-state index >= 15 is 0 Å². The molecule has 66 valence electrons. The van der Waals surface area contributed by atoms with E-state index in [0.29, 0.717) is 5.56 Å². The van der Waals surface area contributed by atoms with E-state index in [1.54, 1.807) is 20.2 Å². The number of nitrogens with zero attached hydrogens (tertiary/aromatic N) is 1. The molecule has 12 heavy (non-hydrogen) atoms. The Bertz CT molecular complexity index is 301. The van der Waals surface area contributed by atoms with Gasteiger partial charge in [-0.1, -0.05) is 0 Å². The molecular weight excluding hydrogens is 158 g/mol. The number of carboxylic acid groups (broad SMARTS) is 1. The second-order valence-electron chi connectivity index (χ2n) is 2.75. The maximum absolute atomic E-state index is 10.6. The average molecular weight is 169 g/mol. The number of aromatic carboxylic acids is 1. The summed E-state index contributed by atoms with van der Waals surface area (Å²) in [6, 6.07) is 1.47. The summed E-state index contributed by atoms with van der Waals surface area (Å²) in [7, 11) is 1.63. The number of aromatic nitrogens is 1. The molecule has 0 fully saturated rings. The molecule has 4 nitrogen and oxygen atoms in total. The molecule has 0 unspecified atom stereocenters. The monoisotopic (exact) mass is 169 g/mol. The molecule has 0 aliphatic carbocycles. The molecule has 0 amide bonds. The molecule has 0 saturated heterocycles. The molecule has 0 aromatic carbocycles. The van der Waals surface area contributed by atoms with Crippen molar-refractivity contribution < 1.29 is 15.0 Å². The van der Waals surface area contributed by atoms with Crippen LogP contribution in [0, 0.1) is 0 Å². The lowest BCUT2D eigenvalue weighted by Gasteiger charge is -1.96. The molecule has 0 radical (unpaired) electrons. The van der Waals surface area contributed by atoms with Crippen molar-refractivity contribution >= 4 is 5.97 Å². The first-order valence-electron chi connectivity index (χ1n) is 3.60. The summed E-state index contributed by atoms with van der Waals surface area (Å²) >= 11 is 0. The van der Waals surface area contributed by atoms with E-state index in [9.17, 15) is 4.79 Å². The minimum atomic E-state index is -0.982. The van der Waals surface area contributed by atoms with Gasteiger partial charge < -0.3 is 14.8 Å². The number of aliphatic hydroxyl groups is 1. The van der Waals surface area contributed by atoms with Crippen LogP contribution in [0.4, 0.5) is 0 Å². The van der Waals surface area contributed by atoms with Crippen LogP contribution in [0.3, 0.4) is 0 Å². The molecular formula is C8H11NO3. The summed E-state index contributed by atoms with van der Waals surface area (Å²) in [4.78, 5) is 10.6. The highest BCUT2D eigenvalue weighted by atomic mass is 16.4. The van der Waals surface area contributed by atoms with E-state index in [2.05, 4.69) is 0 Å². The Morgan fingerprint density at radius 3 is 2.50 bits per heavy atom. The zero-order valence-corrected chi connectivity index (χ0v) is 6.98. The number of rotatable bonds is 2. The zero-order chi connectivity index (χ0) is 9.30. The van der Waals surface area contributed by atoms with E-state index in [1.807, 2.05) is 0 Å². The van der Waals surface area contributed by atoms with Crippen LogP contribution in [0.15, 0.2) is 12.3 Å². The number of aryl methyl sites for hydroxylation is 1. The minimum absolute atomic E-state index is 0.186. The number of carbonyl (C=O) groups is 1. The molecule has 1 atom stereocenters. The van der Waals surface area contributed by atoms with Crippen LogP contribution in [-0.2, 0) is 7.05 Å². The molecule has 1 aromatic heterocycles. The molecule has 0 bridgehead atoms. The Balaban J connectivity index is 3.09. The molecule has 1 heterocycles. The first-order valence-corrected chi connectivity index (χ1v) is 3.60. The molecule has 0 aliphatic heterocycles. The minimum Gasteiger partial charge on any atom is -0.477 e. The molecule has 1 aromatic rings.